The van der Waals surface area contributed by atoms with Crippen molar-refractivity contribution in [3.05, 3.63) is 0 Å². The van der Waals surface area contributed by atoms with E-state index >= 15 is 0 Å². The summed E-state index contributed by atoms with van der Waals surface area (Å²) in [6.45, 7) is 2.80. The van der Waals surface area contributed by atoms with Gasteiger partial charge in [0.05, 0.1) is 6.61 Å². The average molecular weight is 142 g/mol. The molecule has 0 saturated carbocycles. The van der Waals surface area contributed by atoms with Gasteiger partial charge in [-0.05, 0) is 18.8 Å². The molecule has 0 unspecified atom stereocenters. The fourth-order valence-corrected chi connectivity index (χ4v) is 1.29. The minimum Gasteiger partial charge on any atom is -0.466 e. The van der Waals surface area contributed by atoms with Gasteiger partial charge in [-0.15, -0.1) is 0 Å². The highest BCUT2D eigenvalue weighted by Gasteiger charge is 2.14. The SMILES string of the molecule is CC[C@H]1CCOC(=O)CC1. The lowest BCUT2D eigenvalue weighted by Gasteiger charge is -2.06. The lowest BCUT2D eigenvalue weighted by atomic mass is 9.98. The molecule has 0 N–H and O–H groups in total. The van der Waals surface area contributed by atoms with Crippen LogP contribution >= 0.6 is 0 Å². The second-order valence-corrected chi connectivity index (χ2v) is 2.82. The maximum absolute atomic E-state index is 10.7. The summed E-state index contributed by atoms with van der Waals surface area (Å²) in [5, 5.41) is 0. The number of esters is 1. The van der Waals surface area contributed by atoms with Gasteiger partial charge >= 0.3 is 5.97 Å². The van der Waals surface area contributed by atoms with Crippen molar-refractivity contribution in [3.63, 3.8) is 0 Å². The zero-order valence-corrected chi connectivity index (χ0v) is 6.43. The minimum absolute atomic E-state index is 0.0176. The van der Waals surface area contributed by atoms with Gasteiger partial charge in [0.15, 0.2) is 0 Å². The van der Waals surface area contributed by atoms with Crippen LogP contribution in [0.25, 0.3) is 0 Å². The van der Waals surface area contributed by atoms with Crippen LogP contribution in [0.1, 0.15) is 32.6 Å². The van der Waals surface area contributed by atoms with Crippen molar-refractivity contribution in [2.75, 3.05) is 6.61 Å². The molecule has 0 aromatic rings. The molecule has 1 heterocycles. The zero-order chi connectivity index (χ0) is 7.40. The summed E-state index contributed by atoms with van der Waals surface area (Å²) in [4.78, 5) is 10.7. The fourth-order valence-electron chi connectivity index (χ4n) is 1.29. The minimum atomic E-state index is -0.0176. The second-order valence-electron chi connectivity index (χ2n) is 2.82. The number of hydrogen-bond donors (Lipinski definition) is 0. The lowest BCUT2D eigenvalue weighted by Crippen LogP contribution is -2.00. The van der Waals surface area contributed by atoms with Crippen molar-refractivity contribution in [2.24, 2.45) is 5.92 Å². The maximum atomic E-state index is 10.7. The molecule has 58 valence electrons. The van der Waals surface area contributed by atoms with E-state index in [1.165, 1.54) is 6.42 Å². The Kier molecular flexibility index (Phi) is 2.72. The van der Waals surface area contributed by atoms with Gasteiger partial charge in [-0.2, -0.15) is 0 Å². The quantitative estimate of drug-likeness (QED) is 0.521. The molecule has 0 radical (unpaired) electrons. The molecule has 2 nitrogen and oxygen atoms in total. The highest BCUT2D eigenvalue weighted by atomic mass is 16.5. The van der Waals surface area contributed by atoms with E-state index in [0.717, 1.165) is 12.8 Å². The molecule has 1 fully saturated rings. The van der Waals surface area contributed by atoms with E-state index in [1.807, 2.05) is 0 Å². The van der Waals surface area contributed by atoms with Gasteiger partial charge in [0.25, 0.3) is 0 Å². The third-order valence-corrected chi connectivity index (χ3v) is 2.12. The van der Waals surface area contributed by atoms with E-state index in [2.05, 4.69) is 6.92 Å². The van der Waals surface area contributed by atoms with E-state index in [4.69, 9.17) is 4.74 Å². The number of ether oxygens (including phenoxy) is 1. The Bertz CT molecular complexity index is 120. The predicted molar refractivity (Wildman–Crippen MR) is 38.6 cm³/mol. The number of carbonyl (C=O) groups is 1. The first kappa shape index (κ1) is 7.58. The Hall–Kier alpha value is -0.530. The summed E-state index contributed by atoms with van der Waals surface area (Å²) < 4.78 is 4.90. The highest BCUT2D eigenvalue weighted by molar-refractivity contribution is 5.69. The molecule has 10 heavy (non-hydrogen) atoms. The maximum Gasteiger partial charge on any atom is 0.305 e. The van der Waals surface area contributed by atoms with E-state index in [-0.39, 0.29) is 5.97 Å². The molecule has 1 atom stereocenters. The third-order valence-electron chi connectivity index (χ3n) is 2.12. The summed E-state index contributed by atoms with van der Waals surface area (Å²) in [6.07, 6.45) is 3.88. The highest BCUT2D eigenvalue weighted by Crippen LogP contribution is 2.18. The molecule has 0 amide bonds. The molecule has 1 saturated heterocycles. The Balaban J connectivity index is 2.33. The first-order valence-electron chi connectivity index (χ1n) is 3.98. The van der Waals surface area contributed by atoms with Crippen LogP contribution in [-0.2, 0) is 9.53 Å². The standard InChI is InChI=1S/C8H14O2/c1-2-7-3-4-8(9)10-6-5-7/h7H,2-6H2,1H3/t7-/m1/s1. The van der Waals surface area contributed by atoms with E-state index in [1.54, 1.807) is 0 Å². The lowest BCUT2D eigenvalue weighted by molar-refractivity contribution is -0.142. The molecule has 1 aliphatic heterocycles. The molecular formula is C8H14O2. The van der Waals surface area contributed by atoms with Gasteiger partial charge in [-0.25, -0.2) is 0 Å². The van der Waals surface area contributed by atoms with Crippen LogP contribution in [0, 0.1) is 5.92 Å². The monoisotopic (exact) mass is 142 g/mol. The molecular weight excluding hydrogens is 128 g/mol. The van der Waals surface area contributed by atoms with Crippen molar-refractivity contribution in [2.45, 2.75) is 32.6 Å². The van der Waals surface area contributed by atoms with Crippen LogP contribution in [-0.4, -0.2) is 12.6 Å². The second kappa shape index (κ2) is 3.59. The van der Waals surface area contributed by atoms with E-state index < -0.39 is 0 Å². The largest absolute Gasteiger partial charge is 0.466 e. The van der Waals surface area contributed by atoms with Gasteiger partial charge in [-0.3, -0.25) is 4.79 Å². The van der Waals surface area contributed by atoms with E-state index in [0.29, 0.717) is 18.9 Å². The zero-order valence-electron chi connectivity index (χ0n) is 6.43. The molecule has 2 heteroatoms. The van der Waals surface area contributed by atoms with Gasteiger partial charge in [-0.1, -0.05) is 13.3 Å². The Morgan fingerprint density at radius 3 is 3.10 bits per heavy atom. The molecule has 0 spiro atoms. The first-order valence-corrected chi connectivity index (χ1v) is 3.98. The molecule has 0 aromatic heterocycles. The number of carbonyl (C=O) groups excluding carboxylic acids is 1. The van der Waals surface area contributed by atoms with Crippen LogP contribution in [0.15, 0.2) is 0 Å². The Morgan fingerprint density at radius 2 is 2.40 bits per heavy atom. The Labute approximate surface area is 61.6 Å². The van der Waals surface area contributed by atoms with Crippen LogP contribution in [0.3, 0.4) is 0 Å². The molecule has 1 rings (SSSR count). The van der Waals surface area contributed by atoms with Gasteiger partial charge < -0.3 is 4.74 Å². The normalized spacial score (nSPS) is 27.3. The van der Waals surface area contributed by atoms with Gasteiger partial charge in [0.2, 0.25) is 0 Å². The number of hydrogen-bond acceptors (Lipinski definition) is 2. The van der Waals surface area contributed by atoms with Crippen LogP contribution < -0.4 is 0 Å². The van der Waals surface area contributed by atoms with Crippen molar-refractivity contribution in [3.8, 4) is 0 Å². The molecule has 1 aliphatic rings. The summed E-state index contributed by atoms with van der Waals surface area (Å²) >= 11 is 0. The first-order chi connectivity index (χ1) is 4.83. The average Bonchev–Trinajstić information content (AvgIpc) is 2.14. The van der Waals surface area contributed by atoms with Crippen LogP contribution in [0.4, 0.5) is 0 Å². The predicted octanol–water partition coefficient (Wildman–Crippen LogP) is 1.74. The van der Waals surface area contributed by atoms with Crippen molar-refractivity contribution >= 4 is 5.97 Å². The number of cyclic esters (lactones) is 1. The van der Waals surface area contributed by atoms with Crippen LogP contribution in [0.5, 0.6) is 0 Å². The fraction of sp³-hybridized carbons (Fsp3) is 0.875. The van der Waals surface area contributed by atoms with Crippen LogP contribution in [0.2, 0.25) is 0 Å². The smallest absolute Gasteiger partial charge is 0.305 e. The van der Waals surface area contributed by atoms with Gasteiger partial charge in [0.1, 0.15) is 0 Å². The molecule has 0 aliphatic carbocycles. The van der Waals surface area contributed by atoms with Gasteiger partial charge in [0, 0.05) is 6.42 Å². The van der Waals surface area contributed by atoms with Crippen molar-refractivity contribution < 1.29 is 9.53 Å². The van der Waals surface area contributed by atoms with E-state index in [9.17, 15) is 4.79 Å². The summed E-state index contributed by atoms with van der Waals surface area (Å²) in [5.74, 6) is 0.697. The number of rotatable bonds is 1. The Morgan fingerprint density at radius 1 is 1.60 bits per heavy atom. The van der Waals surface area contributed by atoms with Crippen molar-refractivity contribution in [1.29, 1.82) is 0 Å². The molecule has 0 bridgehead atoms. The van der Waals surface area contributed by atoms with Crippen molar-refractivity contribution in [1.82, 2.24) is 0 Å². The summed E-state index contributed by atoms with van der Waals surface area (Å²) in [5.41, 5.74) is 0. The molecule has 0 aromatic carbocycles. The summed E-state index contributed by atoms with van der Waals surface area (Å²) in [7, 11) is 0. The third kappa shape index (κ3) is 2.01. The summed E-state index contributed by atoms with van der Waals surface area (Å²) in [6, 6.07) is 0. The topological polar surface area (TPSA) is 26.3 Å².